The van der Waals surface area contributed by atoms with E-state index in [-0.39, 0.29) is 11.8 Å². The van der Waals surface area contributed by atoms with Crippen LogP contribution in [0.1, 0.15) is 6.42 Å². The summed E-state index contributed by atoms with van der Waals surface area (Å²) in [5.74, 6) is 0.996. The molecule has 0 aromatic heterocycles. The Labute approximate surface area is 107 Å². The van der Waals surface area contributed by atoms with Crippen LogP contribution in [-0.4, -0.2) is 32.4 Å². The Morgan fingerprint density at radius 2 is 2.12 bits per heavy atom. The molecule has 1 fully saturated rings. The summed E-state index contributed by atoms with van der Waals surface area (Å²) in [6, 6.07) is 7.96. The van der Waals surface area contributed by atoms with E-state index in [1.165, 1.54) is 0 Å². The first-order valence-electron chi connectivity index (χ1n) is 5.76. The van der Waals surface area contributed by atoms with Crippen molar-refractivity contribution in [1.82, 2.24) is 0 Å². The van der Waals surface area contributed by atoms with Gasteiger partial charge in [0.1, 0.15) is 0 Å². The van der Waals surface area contributed by atoms with Crippen LogP contribution in [0.3, 0.4) is 0 Å². The van der Waals surface area contributed by atoms with E-state index in [0.717, 1.165) is 17.9 Å². The van der Waals surface area contributed by atoms with Crippen molar-refractivity contribution < 1.29 is 4.79 Å². The van der Waals surface area contributed by atoms with Gasteiger partial charge in [0.2, 0.25) is 5.91 Å². The molecule has 1 aromatic carbocycles. The first-order valence-corrected chi connectivity index (χ1v) is 6.29. The number of rotatable bonds is 3. The van der Waals surface area contributed by atoms with E-state index >= 15 is 0 Å². The second-order valence-electron chi connectivity index (χ2n) is 4.61. The van der Waals surface area contributed by atoms with Crippen molar-refractivity contribution in [3.05, 3.63) is 24.3 Å². The van der Waals surface area contributed by atoms with Gasteiger partial charge in [0, 0.05) is 32.9 Å². The third-order valence-electron chi connectivity index (χ3n) is 3.08. The summed E-state index contributed by atoms with van der Waals surface area (Å²) in [7, 11) is 3.97. The van der Waals surface area contributed by atoms with Gasteiger partial charge in [-0.2, -0.15) is 0 Å². The predicted octanol–water partition coefficient (Wildman–Crippen LogP) is 2.34. The molecule has 1 aromatic rings. The van der Waals surface area contributed by atoms with Crippen LogP contribution in [0.15, 0.2) is 24.3 Å². The fourth-order valence-corrected chi connectivity index (χ4v) is 2.40. The van der Waals surface area contributed by atoms with E-state index in [9.17, 15) is 4.79 Å². The van der Waals surface area contributed by atoms with Gasteiger partial charge in [-0.3, -0.25) is 4.79 Å². The molecule has 92 valence electrons. The Morgan fingerprint density at radius 1 is 1.41 bits per heavy atom. The standard InChI is InChI=1S/C13H17ClN2O/c1-15(2)11-5-3-4-6-12(11)16-9-10(8-14)7-13(16)17/h3-6,10H,7-9H2,1-2H3. The summed E-state index contributed by atoms with van der Waals surface area (Å²) in [6.45, 7) is 0.729. The number of carbonyl (C=O) groups is 1. The van der Waals surface area contributed by atoms with E-state index in [0.29, 0.717) is 12.3 Å². The van der Waals surface area contributed by atoms with Gasteiger partial charge in [0.15, 0.2) is 0 Å². The second kappa shape index (κ2) is 4.96. The summed E-state index contributed by atoms with van der Waals surface area (Å²) in [5, 5.41) is 0. The third-order valence-corrected chi connectivity index (χ3v) is 3.51. The molecular weight excluding hydrogens is 236 g/mol. The van der Waals surface area contributed by atoms with Gasteiger partial charge in [0.25, 0.3) is 0 Å². The molecule has 0 aliphatic carbocycles. The quantitative estimate of drug-likeness (QED) is 0.771. The molecule has 3 nitrogen and oxygen atoms in total. The van der Waals surface area contributed by atoms with Crippen LogP contribution >= 0.6 is 11.6 Å². The molecule has 17 heavy (non-hydrogen) atoms. The van der Waals surface area contributed by atoms with Crippen LogP contribution in [0.5, 0.6) is 0 Å². The average molecular weight is 253 g/mol. The molecule has 0 bridgehead atoms. The average Bonchev–Trinajstić information content (AvgIpc) is 2.70. The lowest BCUT2D eigenvalue weighted by Crippen LogP contribution is -2.26. The Balaban J connectivity index is 2.31. The first-order chi connectivity index (χ1) is 8.13. The highest BCUT2D eigenvalue weighted by Gasteiger charge is 2.31. The van der Waals surface area contributed by atoms with Gasteiger partial charge >= 0.3 is 0 Å². The molecule has 0 spiro atoms. The normalized spacial score (nSPS) is 19.8. The van der Waals surface area contributed by atoms with Crippen LogP contribution in [0.25, 0.3) is 0 Å². The van der Waals surface area contributed by atoms with Gasteiger partial charge < -0.3 is 9.80 Å². The number of hydrogen-bond acceptors (Lipinski definition) is 2. The Hall–Kier alpha value is -1.22. The molecule has 1 heterocycles. The SMILES string of the molecule is CN(C)c1ccccc1N1CC(CCl)CC1=O. The van der Waals surface area contributed by atoms with E-state index in [1.54, 1.807) is 0 Å². The summed E-state index contributed by atoms with van der Waals surface area (Å²) < 4.78 is 0. The molecular formula is C13H17ClN2O. The lowest BCUT2D eigenvalue weighted by molar-refractivity contribution is -0.117. The van der Waals surface area contributed by atoms with Gasteiger partial charge in [-0.1, -0.05) is 12.1 Å². The smallest absolute Gasteiger partial charge is 0.227 e. The first kappa shape index (κ1) is 12.2. The maximum Gasteiger partial charge on any atom is 0.227 e. The summed E-state index contributed by atoms with van der Waals surface area (Å²) in [4.78, 5) is 15.8. The minimum atomic E-state index is 0.171. The van der Waals surface area contributed by atoms with Crippen molar-refractivity contribution in [1.29, 1.82) is 0 Å². The molecule has 1 atom stereocenters. The highest BCUT2D eigenvalue weighted by Crippen LogP contribution is 2.32. The van der Waals surface area contributed by atoms with Gasteiger partial charge in [-0.25, -0.2) is 0 Å². The number of nitrogens with zero attached hydrogens (tertiary/aromatic N) is 2. The van der Waals surface area contributed by atoms with Crippen LogP contribution < -0.4 is 9.80 Å². The zero-order chi connectivity index (χ0) is 12.4. The molecule has 0 radical (unpaired) electrons. The Bertz CT molecular complexity index is 420. The van der Waals surface area contributed by atoms with E-state index in [4.69, 9.17) is 11.6 Å². The van der Waals surface area contributed by atoms with Crippen molar-refractivity contribution in [3.8, 4) is 0 Å². The Kier molecular flexibility index (Phi) is 3.57. The van der Waals surface area contributed by atoms with Crippen molar-refractivity contribution >= 4 is 28.9 Å². The highest BCUT2D eigenvalue weighted by molar-refractivity contribution is 6.18. The van der Waals surface area contributed by atoms with Crippen molar-refractivity contribution in [2.75, 3.05) is 36.3 Å². The van der Waals surface area contributed by atoms with Crippen LogP contribution in [0.4, 0.5) is 11.4 Å². The molecule has 1 aliphatic rings. The van der Waals surface area contributed by atoms with Crippen LogP contribution in [0, 0.1) is 5.92 Å². The number of anilines is 2. The monoisotopic (exact) mass is 252 g/mol. The number of hydrogen-bond donors (Lipinski definition) is 0. The number of halogens is 1. The van der Waals surface area contributed by atoms with Crippen LogP contribution in [-0.2, 0) is 4.79 Å². The molecule has 0 N–H and O–H groups in total. The number of benzene rings is 1. The predicted molar refractivity (Wildman–Crippen MR) is 71.9 cm³/mol. The van der Waals surface area contributed by atoms with Crippen LogP contribution in [0.2, 0.25) is 0 Å². The zero-order valence-electron chi connectivity index (χ0n) is 10.2. The maximum atomic E-state index is 12.0. The summed E-state index contributed by atoms with van der Waals surface area (Å²) in [5.41, 5.74) is 2.05. The van der Waals surface area contributed by atoms with Gasteiger partial charge in [-0.05, 0) is 18.1 Å². The number of para-hydroxylation sites is 2. The third kappa shape index (κ3) is 2.39. The largest absolute Gasteiger partial charge is 0.376 e. The van der Waals surface area contributed by atoms with E-state index in [1.807, 2.05) is 48.2 Å². The molecule has 2 rings (SSSR count). The number of amides is 1. The minimum Gasteiger partial charge on any atom is -0.376 e. The Morgan fingerprint density at radius 3 is 2.71 bits per heavy atom. The lowest BCUT2D eigenvalue weighted by atomic mass is 10.1. The summed E-state index contributed by atoms with van der Waals surface area (Å²) >= 11 is 5.84. The zero-order valence-corrected chi connectivity index (χ0v) is 10.9. The molecule has 1 aliphatic heterocycles. The second-order valence-corrected chi connectivity index (χ2v) is 4.92. The van der Waals surface area contributed by atoms with Crippen molar-refractivity contribution in [2.45, 2.75) is 6.42 Å². The maximum absolute atomic E-state index is 12.0. The van der Waals surface area contributed by atoms with Gasteiger partial charge in [0.05, 0.1) is 11.4 Å². The fraction of sp³-hybridized carbons (Fsp3) is 0.462. The van der Waals surface area contributed by atoms with E-state index in [2.05, 4.69) is 0 Å². The lowest BCUT2D eigenvalue weighted by Gasteiger charge is -2.24. The van der Waals surface area contributed by atoms with E-state index < -0.39 is 0 Å². The number of alkyl halides is 1. The molecule has 0 saturated carbocycles. The fourth-order valence-electron chi connectivity index (χ4n) is 2.19. The van der Waals surface area contributed by atoms with Crippen molar-refractivity contribution in [2.24, 2.45) is 5.92 Å². The van der Waals surface area contributed by atoms with Gasteiger partial charge in [-0.15, -0.1) is 11.6 Å². The molecule has 1 saturated heterocycles. The minimum absolute atomic E-state index is 0.171. The van der Waals surface area contributed by atoms with Crippen molar-refractivity contribution in [3.63, 3.8) is 0 Å². The topological polar surface area (TPSA) is 23.6 Å². The number of carbonyl (C=O) groups excluding carboxylic acids is 1. The summed E-state index contributed by atoms with van der Waals surface area (Å²) in [6.07, 6.45) is 0.561. The molecule has 1 amide bonds. The molecule has 4 heteroatoms. The highest BCUT2D eigenvalue weighted by atomic mass is 35.5. The molecule has 1 unspecified atom stereocenters.